The fraction of sp³-hybridized carbons (Fsp3) is 0.462. The van der Waals surface area contributed by atoms with Gasteiger partial charge in [0.25, 0.3) is 5.91 Å². The van der Waals surface area contributed by atoms with E-state index in [-0.39, 0.29) is 18.3 Å². The third kappa shape index (κ3) is 3.45. The number of hydrogen-bond acceptors (Lipinski definition) is 2. The number of fused-ring (bicyclic) bond motifs is 1. The summed E-state index contributed by atoms with van der Waals surface area (Å²) in [6.07, 6.45) is 4.76. The van der Waals surface area contributed by atoms with Gasteiger partial charge < -0.3 is 11.1 Å². The minimum atomic E-state index is -0.0150. The van der Waals surface area contributed by atoms with E-state index < -0.39 is 0 Å². The maximum Gasteiger partial charge on any atom is 0.251 e. The number of aryl methyl sites for hydroxylation is 2. The van der Waals surface area contributed by atoms with Gasteiger partial charge in [0.1, 0.15) is 0 Å². The van der Waals surface area contributed by atoms with Crippen molar-refractivity contribution in [3.05, 3.63) is 34.9 Å². The summed E-state index contributed by atoms with van der Waals surface area (Å²) in [6.45, 7) is 1.02. The van der Waals surface area contributed by atoms with Gasteiger partial charge in [-0.15, -0.1) is 12.4 Å². The molecule has 0 saturated heterocycles. The first kappa shape index (κ1) is 14.0. The van der Waals surface area contributed by atoms with E-state index in [1.165, 1.54) is 24.0 Å². The minimum Gasteiger partial charge on any atom is -0.351 e. The van der Waals surface area contributed by atoms with Crippen LogP contribution < -0.4 is 11.1 Å². The predicted octanol–water partition coefficient (Wildman–Crippen LogP) is 1.68. The van der Waals surface area contributed by atoms with Gasteiger partial charge in [-0.1, -0.05) is 6.07 Å². The van der Waals surface area contributed by atoms with Crippen molar-refractivity contribution in [3.8, 4) is 0 Å². The van der Waals surface area contributed by atoms with Crippen LogP contribution >= 0.6 is 12.4 Å². The maximum atomic E-state index is 11.7. The van der Waals surface area contributed by atoms with Gasteiger partial charge in [0.2, 0.25) is 0 Å². The van der Waals surface area contributed by atoms with Crippen LogP contribution in [0, 0.1) is 0 Å². The number of amides is 1. The van der Waals surface area contributed by atoms with Gasteiger partial charge in [0.05, 0.1) is 0 Å². The second kappa shape index (κ2) is 6.62. The van der Waals surface area contributed by atoms with Crippen LogP contribution in [0.2, 0.25) is 0 Å². The van der Waals surface area contributed by atoms with Crippen molar-refractivity contribution in [2.24, 2.45) is 5.73 Å². The molecule has 94 valence electrons. The maximum absolute atomic E-state index is 11.7. The molecule has 3 nitrogen and oxygen atoms in total. The second-order valence-electron chi connectivity index (χ2n) is 4.24. The van der Waals surface area contributed by atoms with E-state index in [0.717, 1.165) is 18.4 Å². The van der Waals surface area contributed by atoms with Crippen LogP contribution in [0.15, 0.2) is 18.2 Å². The highest BCUT2D eigenvalue weighted by Crippen LogP contribution is 2.22. The summed E-state index contributed by atoms with van der Waals surface area (Å²) >= 11 is 0. The number of nitrogens with two attached hydrogens (primary N) is 1. The molecular weight excluding hydrogens is 236 g/mol. The van der Waals surface area contributed by atoms with Crippen LogP contribution in [0.1, 0.15) is 34.3 Å². The zero-order valence-electron chi connectivity index (χ0n) is 9.87. The highest BCUT2D eigenvalue weighted by Gasteiger charge is 2.12. The molecule has 1 aliphatic carbocycles. The molecule has 0 spiro atoms. The molecule has 3 N–H and O–H groups in total. The van der Waals surface area contributed by atoms with E-state index in [9.17, 15) is 4.79 Å². The number of hydrogen-bond donors (Lipinski definition) is 2. The second-order valence-corrected chi connectivity index (χ2v) is 4.24. The summed E-state index contributed by atoms with van der Waals surface area (Å²) in [5.41, 5.74) is 8.85. The molecule has 17 heavy (non-hydrogen) atoms. The van der Waals surface area contributed by atoms with Gasteiger partial charge in [-0.05, 0) is 48.9 Å². The van der Waals surface area contributed by atoms with Gasteiger partial charge in [0, 0.05) is 18.7 Å². The lowest BCUT2D eigenvalue weighted by atomic mass is 9.90. The van der Waals surface area contributed by atoms with E-state index in [0.29, 0.717) is 13.1 Å². The lowest BCUT2D eigenvalue weighted by molar-refractivity contribution is 0.0954. The number of benzene rings is 1. The Morgan fingerprint density at radius 1 is 1.24 bits per heavy atom. The number of halogens is 1. The van der Waals surface area contributed by atoms with Crippen molar-refractivity contribution in [1.82, 2.24) is 5.32 Å². The van der Waals surface area contributed by atoms with Crippen molar-refractivity contribution in [3.63, 3.8) is 0 Å². The van der Waals surface area contributed by atoms with E-state index in [1.54, 1.807) is 0 Å². The van der Waals surface area contributed by atoms with Crippen LogP contribution in [0.3, 0.4) is 0 Å². The topological polar surface area (TPSA) is 55.1 Å². The van der Waals surface area contributed by atoms with Gasteiger partial charge in [-0.2, -0.15) is 0 Å². The van der Waals surface area contributed by atoms with Gasteiger partial charge in [0.15, 0.2) is 0 Å². The van der Waals surface area contributed by atoms with Crippen molar-refractivity contribution >= 4 is 18.3 Å². The van der Waals surface area contributed by atoms with Gasteiger partial charge in [-0.3, -0.25) is 4.79 Å². The minimum absolute atomic E-state index is 0. The molecule has 0 fully saturated rings. The summed E-state index contributed by atoms with van der Waals surface area (Å²) in [5.74, 6) is -0.0150. The molecule has 0 unspecified atom stereocenters. The van der Waals surface area contributed by atoms with E-state index in [1.807, 2.05) is 12.1 Å². The Balaban J connectivity index is 0.00000144. The van der Waals surface area contributed by atoms with Crippen molar-refractivity contribution in [2.45, 2.75) is 25.7 Å². The third-order valence-electron chi connectivity index (χ3n) is 3.04. The molecular formula is C13H19ClN2O. The molecule has 0 bridgehead atoms. The lowest BCUT2D eigenvalue weighted by Gasteiger charge is -2.16. The van der Waals surface area contributed by atoms with E-state index in [4.69, 9.17) is 5.73 Å². The van der Waals surface area contributed by atoms with Crippen LogP contribution in [0.4, 0.5) is 0 Å². The Hall–Kier alpha value is -1.06. The van der Waals surface area contributed by atoms with Crippen molar-refractivity contribution in [2.75, 3.05) is 13.1 Å². The molecule has 0 saturated carbocycles. The van der Waals surface area contributed by atoms with E-state index in [2.05, 4.69) is 11.4 Å². The molecule has 4 heteroatoms. The SMILES string of the molecule is Cl.NCCNC(=O)c1ccc2c(c1)CCCC2. The summed E-state index contributed by atoms with van der Waals surface area (Å²) in [5, 5.41) is 2.79. The lowest BCUT2D eigenvalue weighted by Crippen LogP contribution is -2.29. The van der Waals surface area contributed by atoms with Crippen molar-refractivity contribution < 1.29 is 4.79 Å². The monoisotopic (exact) mass is 254 g/mol. The Kier molecular flexibility index (Phi) is 5.45. The van der Waals surface area contributed by atoms with Crippen LogP contribution in [0.5, 0.6) is 0 Å². The third-order valence-corrected chi connectivity index (χ3v) is 3.04. The first-order chi connectivity index (χ1) is 7.81. The first-order valence-electron chi connectivity index (χ1n) is 5.91. The molecule has 1 aliphatic rings. The molecule has 1 aromatic rings. The summed E-state index contributed by atoms with van der Waals surface area (Å²) in [4.78, 5) is 11.7. The molecule has 2 rings (SSSR count). The molecule has 0 radical (unpaired) electrons. The Morgan fingerprint density at radius 2 is 1.94 bits per heavy atom. The highest BCUT2D eigenvalue weighted by atomic mass is 35.5. The van der Waals surface area contributed by atoms with Crippen molar-refractivity contribution in [1.29, 1.82) is 0 Å². The van der Waals surface area contributed by atoms with Crippen LogP contribution in [0.25, 0.3) is 0 Å². The summed E-state index contributed by atoms with van der Waals surface area (Å²) < 4.78 is 0. The molecule has 0 heterocycles. The number of carbonyl (C=O) groups excluding carboxylic acids is 1. The average molecular weight is 255 g/mol. The molecule has 1 amide bonds. The predicted molar refractivity (Wildman–Crippen MR) is 71.7 cm³/mol. The standard InChI is InChI=1S/C13H18N2O.ClH/c14-7-8-15-13(16)12-6-5-10-3-1-2-4-11(10)9-12;/h5-6,9H,1-4,7-8,14H2,(H,15,16);1H. The van der Waals surface area contributed by atoms with Gasteiger partial charge >= 0.3 is 0 Å². The fourth-order valence-electron chi connectivity index (χ4n) is 2.16. The first-order valence-corrected chi connectivity index (χ1v) is 5.91. The quantitative estimate of drug-likeness (QED) is 0.862. The van der Waals surface area contributed by atoms with E-state index >= 15 is 0 Å². The fourth-order valence-corrected chi connectivity index (χ4v) is 2.16. The number of rotatable bonds is 3. The number of nitrogens with one attached hydrogen (secondary N) is 1. The largest absolute Gasteiger partial charge is 0.351 e. The summed E-state index contributed by atoms with van der Waals surface area (Å²) in [7, 11) is 0. The molecule has 0 aliphatic heterocycles. The normalized spacial score (nSPS) is 13.5. The molecule has 1 aromatic carbocycles. The molecule has 0 atom stereocenters. The Morgan fingerprint density at radius 3 is 2.65 bits per heavy atom. The highest BCUT2D eigenvalue weighted by molar-refractivity contribution is 5.94. The van der Waals surface area contributed by atoms with Gasteiger partial charge in [-0.25, -0.2) is 0 Å². The molecule has 0 aromatic heterocycles. The van der Waals surface area contributed by atoms with Crippen LogP contribution in [-0.2, 0) is 12.8 Å². The smallest absolute Gasteiger partial charge is 0.251 e. The Bertz CT molecular complexity index is 393. The Labute approximate surface area is 108 Å². The summed E-state index contributed by atoms with van der Waals surface area (Å²) in [6, 6.07) is 6.03. The van der Waals surface area contributed by atoms with Crippen LogP contribution in [-0.4, -0.2) is 19.0 Å². The zero-order chi connectivity index (χ0) is 11.4. The zero-order valence-corrected chi connectivity index (χ0v) is 10.7. The number of carbonyl (C=O) groups is 1. The average Bonchev–Trinajstić information content (AvgIpc) is 2.35.